The molecule has 1 aromatic rings. The zero-order valence-electron chi connectivity index (χ0n) is 11.6. The Balaban J connectivity index is 2.65. The number of hydrogen-bond acceptors (Lipinski definition) is 4. The summed E-state index contributed by atoms with van der Waals surface area (Å²) in [7, 11) is 1.64. The molecule has 1 aromatic heterocycles. The van der Waals surface area contributed by atoms with Crippen molar-refractivity contribution >= 4 is 17.1 Å². The first-order valence-corrected chi connectivity index (χ1v) is 7.02. The highest BCUT2D eigenvalue weighted by Crippen LogP contribution is 2.47. The smallest absolute Gasteiger partial charge is 0.178 e. The van der Waals surface area contributed by atoms with Crippen molar-refractivity contribution in [2.45, 2.75) is 32.8 Å². The number of nitrogens with zero attached hydrogens (tertiary/aromatic N) is 1. The number of ketones is 1. The number of ether oxygens (including phenoxy) is 1. The molecule has 0 bridgehead atoms. The Kier molecular flexibility index (Phi) is 3.38. The number of Topliss-reactive ketones (excluding diaryl/α,β-unsaturated/α-hetero) is 1. The topological polar surface area (TPSA) is 50.1 Å². The highest BCUT2D eigenvalue weighted by Gasteiger charge is 2.47. The quantitative estimate of drug-likeness (QED) is 0.831. The van der Waals surface area contributed by atoms with E-state index < -0.39 is 11.0 Å². The number of carbonyl (C=O) groups excluding carboxylic acids is 1. The molecule has 19 heavy (non-hydrogen) atoms. The third kappa shape index (κ3) is 2.13. The summed E-state index contributed by atoms with van der Waals surface area (Å²) in [4.78, 5) is 13.3. The van der Waals surface area contributed by atoms with Crippen LogP contribution in [0.5, 0.6) is 0 Å². The molecule has 0 amide bonds. The van der Waals surface area contributed by atoms with Gasteiger partial charge in [-0.1, -0.05) is 13.8 Å². The van der Waals surface area contributed by atoms with E-state index in [1.54, 1.807) is 24.5 Å². The average molecular weight is 275 g/mol. The van der Waals surface area contributed by atoms with Gasteiger partial charge in [-0.25, -0.2) is 0 Å². The summed E-state index contributed by atoms with van der Waals surface area (Å²) in [6.45, 7) is 5.77. The normalized spacial score (nSPS) is 25.8. The second kappa shape index (κ2) is 4.59. The molecule has 0 fully saturated rings. The van der Waals surface area contributed by atoms with Crippen LogP contribution in [0.15, 0.2) is 23.1 Å². The largest absolute Gasteiger partial charge is 0.368 e. The van der Waals surface area contributed by atoms with Gasteiger partial charge in [0.25, 0.3) is 0 Å². The standard InChI is InChI=1S/C15H17NO2S/c1-10-5-6-19-13(10)15(18-4)7-11(8-16)12(17)14(2,3)9-15/h5-7H,9H2,1-4H3. The van der Waals surface area contributed by atoms with Gasteiger partial charge >= 0.3 is 0 Å². The molecule has 1 aliphatic rings. The van der Waals surface area contributed by atoms with E-state index in [9.17, 15) is 10.1 Å². The molecule has 1 aliphatic carbocycles. The summed E-state index contributed by atoms with van der Waals surface area (Å²) in [6.07, 6.45) is 2.25. The van der Waals surface area contributed by atoms with Crippen LogP contribution in [0, 0.1) is 23.7 Å². The zero-order chi connectivity index (χ0) is 14.3. The van der Waals surface area contributed by atoms with E-state index in [0.29, 0.717) is 6.42 Å². The summed E-state index contributed by atoms with van der Waals surface area (Å²) in [6, 6.07) is 4.05. The SMILES string of the molecule is COC1(c2sccc2C)C=C(C#N)C(=O)C(C)(C)C1. The maximum atomic E-state index is 12.2. The van der Waals surface area contributed by atoms with Crippen LogP contribution in [0.2, 0.25) is 0 Å². The number of thiophene rings is 1. The third-order valence-electron chi connectivity index (χ3n) is 3.67. The number of aryl methyl sites for hydroxylation is 1. The number of carbonyl (C=O) groups is 1. The van der Waals surface area contributed by atoms with Crippen LogP contribution in [0.25, 0.3) is 0 Å². The van der Waals surface area contributed by atoms with Crippen LogP contribution >= 0.6 is 11.3 Å². The lowest BCUT2D eigenvalue weighted by molar-refractivity contribution is -0.128. The predicted octanol–water partition coefficient (Wildman–Crippen LogP) is 3.35. The number of allylic oxidation sites excluding steroid dienone is 1. The fourth-order valence-corrected chi connectivity index (χ4v) is 3.79. The van der Waals surface area contributed by atoms with Crippen molar-refractivity contribution in [3.63, 3.8) is 0 Å². The Labute approximate surface area is 117 Å². The van der Waals surface area contributed by atoms with E-state index in [-0.39, 0.29) is 11.4 Å². The molecule has 4 heteroatoms. The Morgan fingerprint density at radius 1 is 1.47 bits per heavy atom. The minimum absolute atomic E-state index is 0.100. The highest BCUT2D eigenvalue weighted by atomic mass is 32.1. The lowest BCUT2D eigenvalue weighted by Gasteiger charge is -2.40. The first kappa shape index (κ1) is 14.0. The molecule has 0 saturated heterocycles. The van der Waals surface area contributed by atoms with E-state index in [1.165, 1.54) is 0 Å². The van der Waals surface area contributed by atoms with Gasteiger partial charge in [0.15, 0.2) is 5.78 Å². The van der Waals surface area contributed by atoms with Gasteiger partial charge in [0.05, 0.1) is 5.57 Å². The zero-order valence-corrected chi connectivity index (χ0v) is 12.4. The first-order valence-electron chi connectivity index (χ1n) is 6.14. The second-order valence-corrected chi connectivity index (χ2v) is 6.50. The summed E-state index contributed by atoms with van der Waals surface area (Å²) < 4.78 is 5.75. The van der Waals surface area contributed by atoms with E-state index >= 15 is 0 Å². The molecule has 100 valence electrons. The first-order chi connectivity index (χ1) is 8.86. The van der Waals surface area contributed by atoms with Gasteiger partial charge in [0.2, 0.25) is 0 Å². The second-order valence-electron chi connectivity index (χ2n) is 5.59. The van der Waals surface area contributed by atoms with Crippen LogP contribution in [0.4, 0.5) is 0 Å². The lowest BCUT2D eigenvalue weighted by atomic mass is 9.69. The number of methoxy groups -OCH3 is 1. The Morgan fingerprint density at radius 3 is 2.63 bits per heavy atom. The molecule has 2 rings (SSSR count). The van der Waals surface area contributed by atoms with Gasteiger partial charge in [0.1, 0.15) is 11.7 Å². The van der Waals surface area contributed by atoms with Crippen molar-refractivity contribution in [2.75, 3.05) is 7.11 Å². The van der Waals surface area contributed by atoms with Crippen molar-refractivity contribution in [3.8, 4) is 6.07 Å². The Bertz CT molecular complexity index is 592. The van der Waals surface area contributed by atoms with E-state index in [4.69, 9.17) is 4.74 Å². The van der Waals surface area contributed by atoms with Gasteiger partial charge in [-0.05, 0) is 36.4 Å². The Morgan fingerprint density at radius 2 is 2.16 bits per heavy atom. The van der Waals surface area contributed by atoms with Crippen LogP contribution in [-0.4, -0.2) is 12.9 Å². The van der Waals surface area contributed by atoms with E-state index in [1.807, 2.05) is 38.3 Å². The van der Waals surface area contributed by atoms with Gasteiger partial charge in [-0.2, -0.15) is 5.26 Å². The van der Waals surface area contributed by atoms with E-state index in [0.717, 1.165) is 10.4 Å². The third-order valence-corrected chi connectivity index (χ3v) is 4.85. The summed E-state index contributed by atoms with van der Waals surface area (Å²) in [5.41, 5.74) is 0.0731. The van der Waals surface area contributed by atoms with Gasteiger partial charge in [0, 0.05) is 17.4 Å². The fourth-order valence-electron chi connectivity index (χ4n) is 2.71. The van der Waals surface area contributed by atoms with Crippen molar-refractivity contribution in [2.24, 2.45) is 5.41 Å². The molecule has 0 aliphatic heterocycles. The van der Waals surface area contributed by atoms with Crippen LogP contribution in [0.1, 0.15) is 30.7 Å². The molecule has 0 aromatic carbocycles. The molecule has 0 radical (unpaired) electrons. The maximum Gasteiger partial charge on any atom is 0.178 e. The van der Waals surface area contributed by atoms with Crippen molar-refractivity contribution in [1.29, 1.82) is 5.26 Å². The maximum absolute atomic E-state index is 12.2. The number of hydrogen-bond donors (Lipinski definition) is 0. The summed E-state index contributed by atoms with van der Waals surface area (Å²) in [5.74, 6) is -0.100. The van der Waals surface area contributed by atoms with E-state index in [2.05, 4.69) is 0 Å². The van der Waals surface area contributed by atoms with Crippen molar-refractivity contribution in [3.05, 3.63) is 33.5 Å². The molecule has 1 heterocycles. The number of nitriles is 1. The Hall–Kier alpha value is -1.44. The molecule has 1 atom stereocenters. The van der Waals surface area contributed by atoms with Gasteiger partial charge < -0.3 is 4.74 Å². The summed E-state index contributed by atoms with van der Waals surface area (Å²) in [5, 5.41) is 11.2. The lowest BCUT2D eigenvalue weighted by Crippen LogP contribution is -2.42. The highest BCUT2D eigenvalue weighted by molar-refractivity contribution is 7.10. The minimum Gasteiger partial charge on any atom is -0.368 e. The van der Waals surface area contributed by atoms with Gasteiger partial charge in [-0.3, -0.25) is 4.79 Å². The molecule has 3 nitrogen and oxygen atoms in total. The minimum atomic E-state index is -0.666. The predicted molar refractivity (Wildman–Crippen MR) is 74.8 cm³/mol. The van der Waals surface area contributed by atoms with Crippen LogP contribution < -0.4 is 0 Å². The van der Waals surface area contributed by atoms with Crippen molar-refractivity contribution < 1.29 is 9.53 Å². The average Bonchev–Trinajstić information content (AvgIpc) is 2.79. The monoisotopic (exact) mass is 275 g/mol. The molecular weight excluding hydrogens is 258 g/mol. The molecular formula is C15H17NO2S. The molecule has 0 N–H and O–H groups in total. The molecule has 0 spiro atoms. The van der Waals surface area contributed by atoms with Gasteiger partial charge in [-0.15, -0.1) is 11.3 Å². The van der Waals surface area contributed by atoms with Crippen molar-refractivity contribution in [1.82, 2.24) is 0 Å². The molecule has 1 unspecified atom stereocenters. The van der Waals surface area contributed by atoms with Crippen LogP contribution in [-0.2, 0) is 15.1 Å². The molecule has 0 saturated carbocycles. The number of rotatable bonds is 2. The summed E-state index contributed by atoms with van der Waals surface area (Å²) >= 11 is 1.60. The fraction of sp³-hybridized carbons (Fsp3) is 0.467. The van der Waals surface area contributed by atoms with Crippen LogP contribution in [0.3, 0.4) is 0 Å².